The highest BCUT2D eigenvalue weighted by atomic mass is 32.2. The van der Waals surface area contributed by atoms with Gasteiger partial charge < -0.3 is 0 Å². The number of benzene rings is 1. The molecule has 1 aromatic carbocycles. The lowest BCUT2D eigenvalue weighted by atomic mass is 10.3. The Labute approximate surface area is 108 Å². The van der Waals surface area contributed by atoms with Crippen LogP contribution < -0.4 is 4.72 Å². The topological polar surface area (TPSA) is 118 Å². The molecule has 19 heavy (non-hydrogen) atoms. The Kier molecular flexibility index (Phi) is 3.58. The summed E-state index contributed by atoms with van der Waals surface area (Å²) in [5.41, 5.74) is 0.171. The fourth-order valence-electron chi connectivity index (χ4n) is 1.47. The summed E-state index contributed by atoms with van der Waals surface area (Å²) in [6.07, 6.45) is 2.99. The Morgan fingerprint density at radius 3 is 2.74 bits per heavy atom. The summed E-state index contributed by atoms with van der Waals surface area (Å²) in [4.78, 5) is 9.71. The first-order valence-corrected chi connectivity index (χ1v) is 6.70. The molecule has 0 saturated heterocycles. The fourth-order valence-corrected chi connectivity index (χ4v) is 2.65. The Morgan fingerprint density at radius 2 is 2.11 bits per heavy atom. The summed E-state index contributed by atoms with van der Waals surface area (Å²) in [7, 11) is -3.95. The minimum atomic E-state index is -3.95. The second-order valence-corrected chi connectivity index (χ2v) is 5.39. The van der Waals surface area contributed by atoms with Gasteiger partial charge in [-0.1, -0.05) is 12.1 Å². The van der Waals surface area contributed by atoms with Crippen molar-refractivity contribution in [3.63, 3.8) is 0 Å². The normalized spacial score (nSPS) is 11.4. The number of rotatable bonds is 5. The number of sulfonamides is 1. The molecule has 0 fully saturated rings. The van der Waals surface area contributed by atoms with Crippen molar-refractivity contribution in [2.75, 3.05) is 0 Å². The van der Waals surface area contributed by atoms with Crippen LogP contribution in [0.3, 0.4) is 0 Å². The molecule has 0 aliphatic rings. The zero-order valence-corrected chi connectivity index (χ0v) is 10.4. The Morgan fingerprint density at radius 1 is 1.37 bits per heavy atom. The summed E-state index contributed by atoms with van der Waals surface area (Å²) < 4.78 is 26.3. The summed E-state index contributed by atoms with van der Waals surface area (Å²) in [5, 5.41) is 17.0. The van der Waals surface area contributed by atoms with Crippen LogP contribution in [0.5, 0.6) is 0 Å². The van der Waals surface area contributed by atoms with Crippen LogP contribution in [0.4, 0.5) is 5.69 Å². The molecule has 0 amide bonds. The van der Waals surface area contributed by atoms with Crippen LogP contribution in [-0.4, -0.2) is 23.5 Å². The van der Waals surface area contributed by atoms with E-state index in [1.165, 1.54) is 30.6 Å². The smallest absolute Gasteiger partial charge is 0.285 e. The summed E-state index contributed by atoms with van der Waals surface area (Å²) >= 11 is 0. The zero-order chi connectivity index (χ0) is 13.9. The number of H-pyrrole nitrogens is 1. The van der Waals surface area contributed by atoms with Crippen LogP contribution in [0.25, 0.3) is 0 Å². The molecule has 0 aliphatic carbocycles. The molecular weight excluding hydrogens is 272 g/mol. The van der Waals surface area contributed by atoms with Gasteiger partial charge in [-0.25, -0.2) is 13.1 Å². The maximum atomic E-state index is 12.0. The standard InChI is InChI=1S/C10H10N4O4S/c15-14(16)9-3-1-2-4-10(9)19(17,18)13-7-8-5-11-12-6-8/h1-6,13H,7H2,(H,11,12). The summed E-state index contributed by atoms with van der Waals surface area (Å²) in [5.74, 6) is 0. The lowest BCUT2D eigenvalue weighted by Gasteiger charge is -2.05. The van der Waals surface area contributed by atoms with Crippen molar-refractivity contribution < 1.29 is 13.3 Å². The molecule has 0 unspecified atom stereocenters. The molecule has 0 spiro atoms. The number of nitro benzene ring substituents is 1. The average molecular weight is 282 g/mol. The van der Waals surface area contributed by atoms with Crippen molar-refractivity contribution in [3.8, 4) is 0 Å². The van der Waals surface area contributed by atoms with Gasteiger partial charge in [-0.05, 0) is 6.07 Å². The summed E-state index contributed by atoms with van der Waals surface area (Å²) in [6.45, 7) is 0.00484. The van der Waals surface area contributed by atoms with E-state index in [0.717, 1.165) is 6.07 Å². The highest BCUT2D eigenvalue weighted by molar-refractivity contribution is 7.89. The molecule has 2 aromatic rings. The molecule has 9 heteroatoms. The van der Waals surface area contributed by atoms with Gasteiger partial charge in [0.25, 0.3) is 5.69 Å². The van der Waals surface area contributed by atoms with Gasteiger partial charge in [0, 0.05) is 24.4 Å². The van der Waals surface area contributed by atoms with Gasteiger partial charge >= 0.3 is 0 Å². The summed E-state index contributed by atoms with van der Waals surface area (Å²) in [6, 6.07) is 5.18. The number of hydrogen-bond donors (Lipinski definition) is 2. The van der Waals surface area contributed by atoms with Crippen molar-refractivity contribution >= 4 is 15.7 Å². The van der Waals surface area contributed by atoms with E-state index in [9.17, 15) is 18.5 Å². The van der Waals surface area contributed by atoms with Crippen molar-refractivity contribution in [3.05, 3.63) is 52.3 Å². The Balaban J connectivity index is 2.27. The van der Waals surface area contributed by atoms with E-state index in [4.69, 9.17) is 0 Å². The van der Waals surface area contributed by atoms with Gasteiger partial charge in [0.2, 0.25) is 10.0 Å². The molecule has 2 N–H and O–H groups in total. The molecule has 2 rings (SSSR count). The largest absolute Gasteiger partial charge is 0.289 e. The molecular formula is C10H10N4O4S. The number of para-hydroxylation sites is 1. The molecule has 0 atom stereocenters. The molecule has 0 radical (unpaired) electrons. The third-order valence-electron chi connectivity index (χ3n) is 2.37. The van der Waals surface area contributed by atoms with Crippen LogP contribution in [0.15, 0.2) is 41.6 Å². The van der Waals surface area contributed by atoms with Crippen molar-refractivity contribution in [1.29, 1.82) is 0 Å². The molecule has 0 aliphatic heterocycles. The quantitative estimate of drug-likeness (QED) is 0.621. The number of nitrogens with zero attached hydrogens (tertiary/aromatic N) is 2. The van der Waals surface area contributed by atoms with E-state index >= 15 is 0 Å². The molecule has 1 heterocycles. The van der Waals surface area contributed by atoms with Crippen LogP contribution in [-0.2, 0) is 16.6 Å². The fraction of sp³-hybridized carbons (Fsp3) is 0.100. The van der Waals surface area contributed by atoms with E-state index in [-0.39, 0.29) is 11.4 Å². The predicted octanol–water partition coefficient (Wildman–Crippen LogP) is 0.796. The van der Waals surface area contributed by atoms with E-state index in [0.29, 0.717) is 5.56 Å². The van der Waals surface area contributed by atoms with Crippen molar-refractivity contribution in [2.45, 2.75) is 11.4 Å². The second-order valence-electron chi connectivity index (χ2n) is 3.66. The third-order valence-corrected chi connectivity index (χ3v) is 3.82. The van der Waals surface area contributed by atoms with E-state index in [1.807, 2.05) is 0 Å². The second kappa shape index (κ2) is 5.16. The van der Waals surface area contributed by atoms with Crippen LogP contribution in [0, 0.1) is 10.1 Å². The number of aromatic amines is 1. The Hall–Kier alpha value is -2.26. The monoisotopic (exact) mass is 282 g/mol. The molecule has 0 saturated carbocycles. The highest BCUT2D eigenvalue weighted by Gasteiger charge is 2.24. The predicted molar refractivity (Wildman–Crippen MR) is 65.7 cm³/mol. The van der Waals surface area contributed by atoms with Crippen molar-refractivity contribution in [2.24, 2.45) is 0 Å². The first kappa shape index (κ1) is 13.2. The van der Waals surface area contributed by atoms with Crippen LogP contribution in [0.1, 0.15) is 5.56 Å². The number of nitrogens with one attached hydrogen (secondary N) is 2. The average Bonchev–Trinajstić information content (AvgIpc) is 2.89. The maximum Gasteiger partial charge on any atom is 0.289 e. The van der Waals surface area contributed by atoms with Crippen LogP contribution >= 0.6 is 0 Å². The SMILES string of the molecule is O=[N+]([O-])c1ccccc1S(=O)(=O)NCc1cn[nH]c1. The first-order chi connectivity index (χ1) is 9.00. The number of aromatic nitrogens is 2. The molecule has 1 aromatic heterocycles. The maximum absolute atomic E-state index is 12.0. The van der Waals surface area contributed by atoms with Gasteiger partial charge in [-0.2, -0.15) is 5.10 Å². The minimum Gasteiger partial charge on any atom is -0.285 e. The van der Waals surface area contributed by atoms with E-state index < -0.39 is 20.6 Å². The Bertz CT molecular complexity index is 681. The third kappa shape index (κ3) is 2.95. The van der Waals surface area contributed by atoms with Gasteiger partial charge in [-0.3, -0.25) is 15.2 Å². The lowest BCUT2D eigenvalue weighted by Crippen LogP contribution is -2.23. The van der Waals surface area contributed by atoms with E-state index in [1.54, 1.807) is 0 Å². The van der Waals surface area contributed by atoms with Gasteiger partial charge in [0.1, 0.15) is 0 Å². The zero-order valence-electron chi connectivity index (χ0n) is 9.61. The number of hydrogen-bond acceptors (Lipinski definition) is 5. The van der Waals surface area contributed by atoms with E-state index in [2.05, 4.69) is 14.9 Å². The minimum absolute atomic E-state index is 0.00484. The first-order valence-electron chi connectivity index (χ1n) is 5.21. The van der Waals surface area contributed by atoms with Gasteiger partial charge in [0.15, 0.2) is 4.90 Å². The molecule has 100 valence electrons. The van der Waals surface area contributed by atoms with Crippen LogP contribution in [0.2, 0.25) is 0 Å². The highest BCUT2D eigenvalue weighted by Crippen LogP contribution is 2.22. The van der Waals surface area contributed by atoms with Gasteiger partial charge in [-0.15, -0.1) is 0 Å². The molecule has 0 bridgehead atoms. The van der Waals surface area contributed by atoms with Gasteiger partial charge in [0.05, 0.1) is 11.1 Å². The van der Waals surface area contributed by atoms with Crippen molar-refractivity contribution in [1.82, 2.24) is 14.9 Å². The number of nitro groups is 1. The molecule has 8 nitrogen and oxygen atoms in total. The lowest BCUT2D eigenvalue weighted by molar-refractivity contribution is -0.387.